The summed E-state index contributed by atoms with van der Waals surface area (Å²) in [6.07, 6.45) is 2.32. The second-order valence-electron chi connectivity index (χ2n) is 3.51. The lowest BCUT2D eigenvalue weighted by Crippen LogP contribution is -2.28. The van der Waals surface area contributed by atoms with Gasteiger partial charge in [-0.05, 0) is 25.0 Å². The molecule has 0 heterocycles. The Kier molecular flexibility index (Phi) is 4.35. The van der Waals surface area contributed by atoms with Gasteiger partial charge >= 0.3 is 0 Å². The zero-order valence-electron chi connectivity index (χ0n) is 9.73. The van der Waals surface area contributed by atoms with Gasteiger partial charge in [-0.15, -0.1) is 0 Å². The zero-order valence-corrected chi connectivity index (χ0v) is 9.73. The van der Waals surface area contributed by atoms with Gasteiger partial charge in [0.15, 0.2) is 0 Å². The second kappa shape index (κ2) is 5.54. The molecule has 1 amide bonds. The fraction of sp³-hybridized carbons (Fsp3) is 0.462. The molecule has 2 nitrogen and oxygen atoms in total. The van der Waals surface area contributed by atoms with Crippen LogP contribution in [0.15, 0.2) is 30.3 Å². The third-order valence-corrected chi connectivity index (χ3v) is 2.44. The predicted octanol–water partition coefficient (Wildman–Crippen LogP) is 2.95. The van der Waals surface area contributed by atoms with Crippen LogP contribution in [0.5, 0.6) is 0 Å². The number of hydrogen-bond donors (Lipinski definition) is 0. The fourth-order valence-electron chi connectivity index (χ4n) is 1.41. The Hall–Kier alpha value is -1.31. The summed E-state index contributed by atoms with van der Waals surface area (Å²) < 4.78 is 0. The number of benzene rings is 1. The van der Waals surface area contributed by atoms with Crippen LogP contribution in [0.2, 0.25) is 0 Å². The van der Waals surface area contributed by atoms with Crippen molar-refractivity contribution in [3.05, 3.63) is 35.9 Å². The van der Waals surface area contributed by atoms with Crippen molar-refractivity contribution in [2.75, 3.05) is 7.05 Å². The molecule has 0 aliphatic heterocycles. The predicted molar refractivity (Wildman–Crippen MR) is 62.9 cm³/mol. The molecular formula is C13H19NO. The Morgan fingerprint density at radius 2 is 1.73 bits per heavy atom. The fourth-order valence-corrected chi connectivity index (χ4v) is 1.41. The van der Waals surface area contributed by atoms with E-state index in [2.05, 4.69) is 0 Å². The molecule has 2 rings (SSSR count). The molecule has 0 unspecified atom stereocenters. The molecule has 0 radical (unpaired) electrons. The molecule has 0 atom stereocenters. The van der Waals surface area contributed by atoms with E-state index < -0.39 is 0 Å². The number of carbonyl (C=O) groups excluding carboxylic acids is 1. The number of amides is 1. The number of nitrogens with zero attached hydrogens (tertiary/aromatic N) is 1. The molecule has 0 spiro atoms. The maximum atomic E-state index is 11.8. The lowest BCUT2D eigenvalue weighted by Gasteiger charge is -2.15. The van der Waals surface area contributed by atoms with Crippen molar-refractivity contribution in [2.45, 2.75) is 32.7 Å². The number of carbonyl (C=O) groups is 1. The van der Waals surface area contributed by atoms with E-state index in [9.17, 15) is 4.79 Å². The molecule has 1 aliphatic rings. The first kappa shape index (κ1) is 11.8. The molecular weight excluding hydrogens is 186 g/mol. The van der Waals surface area contributed by atoms with Crippen molar-refractivity contribution in [1.29, 1.82) is 0 Å². The highest BCUT2D eigenvalue weighted by Gasteiger charge is 2.29. The van der Waals surface area contributed by atoms with Gasteiger partial charge < -0.3 is 4.90 Å². The molecule has 1 aromatic rings. The van der Waals surface area contributed by atoms with Crippen LogP contribution in [-0.2, 0) is 0 Å². The lowest BCUT2D eigenvalue weighted by atomic mass is 10.2. The molecule has 1 saturated carbocycles. The van der Waals surface area contributed by atoms with Gasteiger partial charge in [0.05, 0.1) is 0 Å². The van der Waals surface area contributed by atoms with Crippen LogP contribution in [0.4, 0.5) is 0 Å². The molecule has 1 aromatic carbocycles. The molecule has 0 bridgehead atoms. The topological polar surface area (TPSA) is 20.3 Å². The molecule has 1 fully saturated rings. The minimum Gasteiger partial charge on any atom is -0.339 e. The normalized spacial score (nSPS) is 13.8. The van der Waals surface area contributed by atoms with E-state index in [4.69, 9.17) is 0 Å². The van der Waals surface area contributed by atoms with E-state index >= 15 is 0 Å². The summed E-state index contributed by atoms with van der Waals surface area (Å²) in [4.78, 5) is 13.6. The summed E-state index contributed by atoms with van der Waals surface area (Å²) in [5.41, 5.74) is 0.789. The second-order valence-corrected chi connectivity index (χ2v) is 3.51. The number of hydrogen-bond acceptors (Lipinski definition) is 1. The largest absolute Gasteiger partial charge is 0.339 e. The smallest absolute Gasteiger partial charge is 0.253 e. The van der Waals surface area contributed by atoms with Gasteiger partial charge in [0.2, 0.25) is 0 Å². The molecule has 0 aromatic heterocycles. The Morgan fingerprint density at radius 1 is 1.20 bits per heavy atom. The molecule has 82 valence electrons. The van der Waals surface area contributed by atoms with Crippen LogP contribution in [0.1, 0.15) is 37.0 Å². The van der Waals surface area contributed by atoms with E-state index in [1.807, 2.05) is 56.1 Å². The molecule has 2 heteroatoms. The summed E-state index contributed by atoms with van der Waals surface area (Å²) in [5.74, 6) is 0.142. The summed E-state index contributed by atoms with van der Waals surface area (Å²) in [7, 11) is 1.88. The average Bonchev–Trinajstić information content (AvgIpc) is 3.15. The quantitative estimate of drug-likeness (QED) is 0.727. The first-order valence-electron chi connectivity index (χ1n) is 5.61. The van der Waals surface area contributed by atoms with E-state index in [-0.39, 0.29) is 5.91 Å². The molecule has 0 N–H and O–H groups in total. The van der Waals surface area contributed by atoms with Crippen LogP contribution < -0.4 is 0 Å². The Bertz CT molecular complexity index is 304. The first-order chi connectivity index (χ1) is 7.29. The SMILES string of the molecule is CC.CN(C(=O)c1ccccc1)C1CC1. The van der Waals surface area contributed by atoms with E-state index in [0.29, 0.717) is 6.04 Å². The van der Waals surface area contributed by atoms with Crippen LogP contribution in [-0.4, -0.2) is 23.9 Å². The van der Waals surface area contributed by atoms with Crippen molar-refractivity contribution in [3.63, 3.8) is 0 Å². The first-order valence-corrected chi connectivity index (χ1v) is 5.61. The van der Waals surface area contributed by atoms with Crippen molar-refractivity contribution in [2.24, 2.45) is 0 Å². The van der Waals surface area contributed by atoms with E-state index in [1.54, 1.807) is 0 Å². The van der Waals surface area contributed by atoms with Gasteiger partial charge in [0.25, 0.3) is 5.91 Å². The zero-order chi connectivity index (χ0) is 11.3. The van der Waals surface area contributed by atoms with Crippen LogP contribution >= 0.6 is 0 Å². The summed E-state index contributed by atoms with van der Waals surface area (Å²) in [6.45, 7) is 4.00. The lowest BCUT2D eigenvalue weighted by molar-refractivity contribution is 0.0785. The molecule has 15 heavy (non-hydrogen) atoms. The van der Waals surface area contributed by atoms with Gasteiger partial charge in [-0.25, -0.2) is 0 Å². The van der Waals surface area contributed by atoms with Gasteiger partial charge in [-0.2, -0.15) is 0 Å². The minimum atomic E-state index is 0.142. The van der Waals surface area contributed by atoms with Gasteiger partial charge in [0, 0.05) is 18.7 Å². The van der Waals surface area contributed by atoms with Crippen molar-refractivity contribution in [3.8, 4) is 0 Å². The average molecular weight is 205 g/mol. The highest BCUT2D eigenvalue weighted by molar-refractivity contribution is 5.94. The highest BCUT2D eigenvalue weighted by atomic mass is 16.2. The maximum absolute atomic E-state index is 11.8. The Labute approximate surface area is 91.9 Å². The molecule has 0 saturated heterocycles. The highest BCUT2D eigenvalue weighted by Crippen LogP contribution is 2.26. The third kappa shape index (κ3) is 3.08. The minimum absolute atomic E-state index is 0.142. The summed E-state index contributed by atoms with van der Waals surface area (Å²) >= 11 is 0. The molecule has 1 aliphatic carbocycles. The maximum Gasteiger partial charge on any atom is 0.253 e. The van der Waals surface area contributed by atoms with Gasteiger partial charge in [0.1, 0.15) is 0 Å². The summed E-state index contributed by atoms with van der Waals surface area (Å²) in [6, 6.07) is 9.94. The van der Waals surface area contributed by atoms with Crippen molar-refractivity contribution < 1.29 is 4.79 Å². The van der Waals surface area contributed by atoms with E-state index in [0.717, 1.165) is 18.4 Å². The van der Waals surface area contributed by atoms with Crippen LogP contribution in [0, 0.1) is 0 Å². The number of rotatable bonds is 2. The van der Waals surface area contributed by atoms with Crippen molar-refractivity contribution >= 4 is 5.91 Å². The van der Waals surface area contributed by atoms with Gasteiger partial charge in [-0.1, -0.05) is 32.0 Å². The monoisotopic (exact) mass is 205 g/mol. The third-order valence-electron chi connectivity index (χ3n) is 2.44. The summed E-state index contributed by atoms with van der Waals surface area (Å²) in [5, 5.41) is 0. The van der Waals surface area contributed by atoms with Crippen LogP contribution in [0.25, 0.3) is 0 Å². The van der Waals surface area contributed by atoms with E-state index in [1.165, 1.54) is 0 Å². The Balaban J connectivity index is 0.000000531. The van der Waals surface area contributed by atoms with Crippen LogP contribution in [0.3, 0.4) is 0 Å². The van der Waals surface area contributed by atoms with Gasteiger partial charge in [-0.3, -0.25) is 4.79 Å². The Morgan fingerprint density at radius 3 is 2.20 bits per heavy atom. The standard InChI is InChI=1S/C11H13NO.C2H6/c1-12(10-7-8-10)11(13)9-5-3-2-4-6-9;1-2/h2-6,10H,7-8H2,1H3;1-2H3. The van der Waals surface area contributed by atoms with Crippen molar-refractivity contribution in [1.82, 2.24) is 4.90 Å².